The van der Waals surface area contributed by atoms with E-state index in [4.69, 9.17) is 5.73 Å². The van der Waals surface area contributed by atoms with Crippen molar-refractivity contribution in [1.82, 2.24) is 0 Å². The van der Waals surface area contributed by atoms with E-state index in [1.54, 1.807) is 0 Å². The Kier molecular flexibility index (Phi) is 2.31. The van der Waals surface area contributed by atoms with Gasteiger partial charge in [0.25, 0.3) is 0 Å². The van der Waals surface area contributed by atoms with E-state index in [9.17, 15) is 0 Å². The van der Waals surface area contributed by atoms with Gasteiger partial charge in [0.2, 0.25) is 0 Å². The highest BCUT2D eigenvalue weighted by Gasteiger charge is 2.54. The van der Waals surface area contributed by atoms with Gasteiger partial charge < -0.3 is 5.73 Å². The summed E-state index contributed by atoms with van der Waals surface area (Å²) < 4.78 is 0. The van der Waals surface area contributed by atoms with Crippen LogP contribution in [-0.4, -0.2) is 18.1 Å². The van der Waals surface area contributed by atoms with Crippen LogP contribution in [0.3, 0.4) is 0 Å². The highest BCUT2D eigenvalue weighted by atomic mass is 32.2. The Morgan fingerprint density at radius 1 is 1.50 bits per heavy atom. The molecule has 0 aromatic carbocycles. The fourth-order valence-corrected chi connectivity index (χ4v) is 2.07. The van der Waals surface area contributed by atoms with Crippen molar-refractivity contribution in [1.29, 1.82) is 0 Å². The molecule has 0 aromatic rings. The van der Waals surface area contributed by atoms with Gasteiger partial charge in [-0.3, -0.25) is 0 Å². The molecular formula is C8H17NS. The number of rotatable bonds is 3. The lowest BCUT2D eigenvalue weighted by Gasteiger charge is -1.99. The minimum Gasteiger partial charge on any atom is -0.327 e. The van der Waals surface area contributed by atoms with Crippen molar-refractivity contribution in [3.63, 3.8) is 0 Å². The Labute approximate surface area is 67.8 Å². The summed E-state index contributed by atoms with van der Waals surface area (Å²) in [5, 5.41) is 0. The maximum absolute atomic E-state index is 5.88. The van der Waals surface area contributed by atoms with E-state index in [2.05, 4.69) is 20.1 Å². The van der Waals surface area contributed by atoms with Gasteiger partial charge in [-0.2, -0.15) is 11.8 Å². The van der Waals surface area contributed by atoms with Gasteiger partial charge in [0, 0.05) is 6.04 Å². The van der Waals surface area contributed by atoms with E-state index in [0.29, 0.717) is 11.5 Å². The van der Waals surface area contributed by atoms with Crippen LogP contribution in [0.1, 0.15) is 20.3 Å². The fraction of sp³-hybridized carbons (Fsp3) is 1.00. The lowest BCUT2D eigenvalue weighted by molar-refractivity contribution is 0.546. The number of hydrogen-bond acceptors (Lipinski definition) is 2. The quantitative estimate of drug-likeness (QED) is 0.678. The van der Waals surface area contributed by atoms with Crippen molar-refractivity contribution in [3.05, 3.63) is 0 Å². The topological polar surface area (TPSA) is 26.0 Å². The molecule has 0 radical (unpaired) electrons. The molecule has 0 spiro atoms. The molecule has 0 aromatic heterocycles. The third kappa shape index (κ3) is 1.32. The molecule has 1 saturated carbocycles. The van der Waals surface area contributed by atoms with Crippen LogP contribution in [0, 0.1) is 11.3 Å². The average molecular weight is 159 g/mol. The summed E-state index contributed by atoms with van der Waals surface area (Å²) in [7, 11) is 0. The van der Waals surface area contributed by atoms with Gasteiger partial charge in [0.05, 0.1) is 0 Å². The zero-order chi connectivity index (χ0) is 7.78. The summed E-state index contributed by atoms with van der Waals surface area (Å²) in [6.07, 6.45) is 3.45. The Hall–Kier alpha value is 0.310. The Morgan fingerprint density at radius 3 is 2.30 bits per heavy atom. The summed E-state index contributed by atoms with van der Waals surface area (Å²) in [5.41, 5.74) is 6.32. The second kappa shape index (κ2) is 2.74. The first-order valence-electron chi connectivity index (χ1n) is 3.85. The second-order valence-corrected chi connectivity index (χ2v) is 4.72. The van der Waals surface area contributed by atoms with Gasteiger partial charge in [-0.25, -0.2) is 0 Å². The normalized spacial score (nSPS) is 36.0. The first-order valence-corrected chi connectivity index (χ1v) is 5.24. The highest BCUT2D eigenvalue weighted by Crippen LogP contribution is 2.52. The molecule has 0 heterocycles. The molecular weight excluding hydrogens is 142 g/mol. The van der Waals surface area contributed by atoms with Gasteiger partial charge >= 0.3 is 0 Å². The monoisotopic (exact) mass is 159 g/mol. The second-order valence-electron chi connectivity index (χ2n) is 3.74. The number of hydrogen-bond donors (Lipinski definition) is 1. The van der Waals surface area contributed by atoms with E-state index in [1.807, 2.05) is 11.8 Å². The van der Waals surface area contributed by atoms with Crippen molar-refractivity contribution in [2.24, 2.45) is 17.1 Å². The molecule has 1 aliphatic carbocycles. The first kappa shape index (κ1) is 8.41. The summed E-state index contributed by atoms with van der Waals surface area (Å²) in [6.45, 7) is 4.53. The zero-order valence-corrected chi connectivity index (χ0v) is 7.87. The zero-order valence-electron chi connectivity index (χ0n) is 7.05. The van der Waals surface area contributed by atoms with Crippen molar-refractivity contribution in [2.45, 2.75) is 26.3 Å². The van der Waals surface area contributed by atoms with Gasteiger partial charge in [-0.15, -0.1) is 0 Å². The molecule has 60 valence electrons. The van der Waals surface area contributed by atoms with Crippen LogP contribution in [0.15, 0.2) is 0 Å². The molecule has 0 unspecified atom stereocenters. The number of thioether (sulfide) groups is 1. The first-order chi connectivity index (χ1) is 4.60. The van der Waals surface area contributed by atoms with Crippen LogP contribution >= 0.6 is 11.8 Å². The predicted molar refractivity (Wildman–Crippen MR) is 48.2 cm³/mol. The lowest BCUT2D eigenvalue weighted by atomic mass is 10.1. The van der Waals surface area contributed by atoms with Gasteiger partial charge in [-0.1, -0.05) is 13.8 Å². The molecule has 10 heavy (non-hydrogen) atoms. The lowest BCUT2D eigenvalue weighted by Crippen LogP contribution is -2.06. The molecule has 0 saturated heterocycles. The maximum atomic E-state index is 5.88. The van der Waals surface area contributed by atoms with Gasteiger partial charge in [0.1, 0.15) is 0 Å². The van der Waals surface area contributed by atoms with Gasteiger partial charge in [0.15, 0.2) is 0 Å². The minimum absolute atomic E-state index is 0.440. The summed E-state index contributed by atoms with van der Waals surface area (Å²) in [6, 6.07) is 0.472. The van der Waals surface area contributed by atoms with Crippen molar-refractivity contribution >= 4 is 11.8 Å². The average Bonchev–Trinajstić information content (AvgIpc) is 2.31. The standard InChI is InChI=1S/C8H17NS/c1-8(2)6(7(8)9)4-5-10-3/h6-7H,4-5,9H2,1-3H3/t6-,7-/m1/s1. The molecule has 0 aliphatic heterocycles. The largest absolute Gasteiger partial charge is 0.327 e. The molecule has 1 aliphatic rings. The molecule has 1 rings (SSSR count). The van der Waals surface area contributed by atoms with Crippen LogP contribution in [0.25, 0.3) is 0 Å². The van der Waals surface area contributed by atoms with Crippen LogP contribution in [-0.2, 0) is 0 Å². The summed E-state index contributed by atoms with van der Waals surface area (Å²) in [5.74, 6) is 2.06. The molecule has 2 atom stereocenters. The van der Waals surface area contributed by atoms with Crippen LogP contribution < -0.4 is 5.73 Å². The van der Waals surface area contributed by atoms with Crippen LogP contribution in [0.5, 0.6) is 0 Å². The molecule has 0 bridgehead atoms. The van der Waals surface area contributed by atoms with E-state index < -0.39 is 0 Å². The van der Waals surface area contributed by atoms with Crippen molar-refractivity contribution in [3.8, 4) is 0 Å². The van der Waals surface area contributed by atoms with E-state index in [0.717, 1.165) is 5.92 Å². The summed E-state index contributed by atoms with van der Waals surface area (Å²) >= 11 is 1.92. The molecule has 1 nitrogen and oxygen atoms in total. The van der Waals surface area contributed by atoms with Crippen LogP contribution in [0.2, 0.25) is 0 Å². The van der Waals surface area contributed by atoms with Crippen LogP contribution in [0.4, 0.5) is 0 Å². The van der Waals surface area contributed by atoms with Crippen molar-refractivity contribution in [2.75, 3.05) is 12.0 Å². The van der Waals surface area contributed by atoms with E-state index >= 15 is 0 Å². The molecule has 1 fully saturated rings. The molecule has 2 N–H and O–H groups in total. The smallest absolute Gasteiger partial charge is 0.0128 e. The molecule has 2 heteroatoms. The Bertz CT molecular complexity index is 122. The Balaban J connectivity index is 2.22. The Morgan fingerprint density at radius 2 is 2.00 bits per heavy atom. The maximum Gasteiger partial charge on any atom is 0.0128 e. The summed E-state index contributed by atoms with van der Waals surface area (Å²) in [4.78, 5) is 0. The highest BCUT2D eigenvalue weighted by molar-refractivity contribution is 7.98. The third-order valence-electron chi connectivity index (χ3n) is 2.77. The van der Waals surface area contributed by atoms with E-state index in [-0.39, 0.29) is 0 Å². The minimum atomic E-state index is 0.440. The van der Waals surface area contributed by atoms with E-state index in [1.165, 1.54) is 12.2 Å². The molecule has 0 amide bonds. The van der Waals surface area contributed by atoms with Gasteiger partial charge in [-0.05, 0) is 29.8 Å². The third-order valence-corrected chi connectivity index (χ3v) is 3.42. The fourth-order valence-electron chi connectivity index (χ4n) is 1.58. The predicted octanol–water partition coefficient (Wildman–Crippen LogP) is 1.72. The SMILES string of the molecule is CSCC[C@@H]1[C@@H](N)C1(C)C. The van der Waals surface area contributed by atoms with Crippen molar-refractivity contribution < 1.29 is 0 Å². The number of nitrogens with two attached hydrogens (primary N) is 1.